The summed E-state index contributed by atoms with van der Waals surface area (Å²) in [5.41, 5.74) is 0.790. The van der Waals surface area contributed by atoms with Gasteiger partial charge in [-0.2, -0.15) is 0 Å². The van der Waals surface area contributed by atoms with Crippen molar-refractivity contribution in [3.8, 4) is 0 Å². The summed E-state index contributed by atoms with van der Waals surface area (Å²) in [5.74, 6) is 1.28. The van der Waals surface area contributed by atoms with Gasteiger partial charge in [0.1, 0.15) is 11.6 Å². The smallest absolute Gasteiger partial charge is 0.219 e. The SMILES string of the molecule is CN/C(=C\C(=N)N1CCC(N(C)C(C)=O)CC1)c1ccco1. The van der Waals surface area contributed by atoms with Crippen molar-refractivity contribution in [1.29, 1.82) is 5.41 Å². The van der Waals surface area contributed by atoms with Gasteiger partial charge < -0.3 is 19.5 Å². The van der Waals surface area contributed by atoms with Gasteiger partial charge in [-0.15, -0.1) is 0 Å². The lowest BCUT2D eigenvalue weighted by atomic mass is 10.0. The van der Waals surface area contributed by atoms with E-state index in [1.807, 2.05) is 31.1 Å². The topological polar surface area (TPSA) is 72.6 Å². The van der Waals surface area contributed by atoms with E-state index >= 15 is 0 Å². The van der Waals surface area contributed by atoms with Gasteiger partial charge >= 0.3 is 0 Å². The zero-order valence-electron chi connectivity index (χ0n) is 13.4. The summed E-state index contributed by atoms with van der Waals surface area (Å²) in [4.78, 5) is 15.3. The van der Waals surface area contributed by atoms with Gasteiger partial charge in [-0.1, -0.05) is 0 Å². The van der Waals surface area contributed by atoms with Crippen LogP contribution in [0.1, 0.15) is 25.5 Å². The second kappa shape index (κ2) is 7.15. The van der Waals surface area contributed by atoms with Crippen molar-refractivity contribution in [1.82, 2.24) is 15.1 Å². The first-order valence-electron chi connectivity index (χ1n) is 7.53. The summed E-state index contributed by atoms with van der Waals surface area (Å²) in [6.07, 6.45) is 5.19. The zero-order valence-corrected chi connectivity index (χ0v) is 13.4. The monoisotopic (exact) mass is 304 g/mol. The normalized spacial score (nSPS) is 16.5. The van der Waals surface area contributed by atoms with Gasteiger partial charge in [0.25, 0.3) is 0 Å². The number of furan rings is 1. The molecule has 1 aliphatic heterocycles. The van der Waals surface area contributed by atoms with Gasteiger partial charge in [0.05, 0.1) is 12.0 Å². The number of rotatable bonds is 4. The molecule has 1 aromatic heterocycles. The third-order valence-corrected chi connectivity index (χ3v) is 4.19. The molecule has 0 radical (unpaired) electrons. The van der Waals surface area contributed by atoms with Crippen molar-refractivity contribution in [3.05, 3.63) is 30.2 Å². The number of piperidine rings is 1. The lowest BCUT2D eigenvalue weighted by molar-refractivity contribution is -0.130. The molecule has 1 amide bonds. The maximum absolute atomic E-state index is 11.4. The van der Waals surface area contributed by atoms with Gasteiger partial charge in [0.2, 0.25) is 5.91 Å². The molecule has 22 heavy (non-hydrogen) atoms. The highest BCUT2D eigenvalue weighted by Crippen LogP contribution is 2.17. The van der Waals surface area contributed by atoms with E-state index in [1.54, 1.807) is 24.2 Å². The molecule has 2 rings (SSSR count). The molecule has 2 heterocycles. The molecule has 0 atom stereocenters. The van der Waals surface area contributed by atoms with Crippen molar-refractivity contribution >= 4 is 17.4 Å². The van der Waals surface area contributed by atoms with E-state index in [-0.39, 0.29) is 11.9 Å². The molecule has 0 aliphatic carbocycles. The Labute approximate surface area is 131 Å². The van der Waals surface area contributed by atoms with Crippen LogP contribution in [0.15, 0.2) is 28.9 Å². The van der Waals surface area contributed by atoms with Gasteiger partial charge in [0.15, 0.2) is 0 Å². The van der Waals surface area contributed by atoms with Gasteiger partial charge in [-0.25, -0.2) is 0 Å². The Hall–Kier alpha value is -2.24. The molecule has 0 aromatic carbocycles. The summed E-state index contributed by atoms with van der Waals surface area (Å²) in [6.45, 7) is 3.17. The Kier molecular flexibility index (Phi) is 5.25. The molecule has 120 valence electrons. The van der Waals surface area contributed by atoms with Crippen LogP contribution in [-0.2, 0) is 4.79 Å². The first kappa shape index (κ1) is 16.1. The Morgan fingerprint density at radius 1 is 1.50 bits per heavy atom. The summed E-state index contributed by atoms with van der Waals surface area (Å²) in [7, 11) is 3.67. The number of hydrogen-bond acceptors (Lipinski definition) is 4. The minimum atomic E-state index is 0.101. The van der Waals surface area contributed by atoms with Gasteiger partial charge in [-0.3, -0.25) is 10.2 Å². The predicted octanol–water partition coefficient (Wildman–Crippen LogP) is 1.76. The van der Waals surface area contributed by atoms with E-state index in [0.717, 1.165) is 37.4 Å². The number of nitrogens with one attached hydrogen (secondary N) is 2. The van der Waals surface area contributed by atoms with E-state index in [0.29, 0.717) is 5.84 Å². The van der Waals surface area contributed by atoms with Crippen LogP contribution < -0.4 is 5.32 Å². The summed E-state index contributed by atoms with van der Waals surface area (Å²) >= 11 is 0. The molecule has 6 heteroatoms. The molecular formula is C16H24N4O2. The Morgan fingerprint density at radius 2 is 2.18 bits per heavy atom. The van der Waals surface area contributed by atoms with Crippen molar-refractivity contribution < 1.29 is 9.21 Å². The van der Waals surface area contributed by atoms with Crippen LogP contribution in [-0.4, -0.2) is 54.8 Å². The minimum absolute atomic E-state index is 0.101. The highest BCUT2D eigenvalue weighted by molar-refractivity contribution is 5.96. The van der Waals surface area contributed by atoms with Crippen LogP contribution >= 0.6 is 0 Å². The number of amides is 1. The Bertz CT molecular complexity index is 543. The summed E-state index contributed by atoms with van der Waals surface area (Å²) in [5, 5.41) is 11.3. The van der Waals surface area contributed by atoms with Crippen LogP contribution in [0.2, 0.25) is 0 Å². The van der Waals surface area contributed by atoms with Crippen molar-refractivity contribution in [2.45, 2.75) is 25.8 Å². The lowest BCUT2D eigenvalue weighted by Crippen LogP contribution is -2.46. The number of carbonyl (C=O) groups is 1. The average Bonchev–Trinajstić information content (AvgIpc) is 3.06. The molecule has 0 saturated carbocycles. The second-order valence-electron chi connectivity index (χ2n) is 5.52. The quantitative estimate of drug-likeness (QED) is 0.657. The average molecular weight is 304 g/mol. The number of likely N-dealkylation sites (tertiary alicyclic amines) is 1. The van der Waals surface area contributed by atoms with Crippen LogP contribution in [0, 0.1) is 5.41 Å². The zero-order chi connectivity index (χ0) is 16.1. The van der Waals surface area contributed by atoms with Gasteiger partial charge in [0, 0.05) is 46.2 Å². The maximum atomic E-state index is 11.4. The van der Waals surface area contributed by atoms with Gasteiger partial charge in [-0.05, 0) is 25.0 Å². The van der Waals surface area contributed by atoms with Crippen LogP contribution in [0.4, 0.5) is 0 Å². The molecule has 1 aliphatic rings. The van der Waals surface area contributed by atoms with E-state index in [4.69, 9.17) is 9.83 Å². The van der Waals surface area contributed by atoms with E-state index in [1.165, 1.54) is 0 Å². The maximum Gasteiger partial charge on any atom is 0.219 e. The van der Waals surface area contributed by atoms with Crippen molar-refractivity contribution in [2.24, 2.45) is 0 Å². The third kappa shape index (κ3) is 3.69. The fourth-order valence-electron chi connectivity index (χ4n) is 2.68. The molecule has 0 spiro atoms. The molecule has 0 unspecified atom stereocenters. The van der Waals surface area contributed by atoms with Crippen molar-refractivity contribution in [2.75, 3.05) is 27.2 Å². The molecule has 6 nitrogen and oxygen atoms in total. The Morgan fingerprint density at radius 3 is 2.68 bits per heavy atom. The first-order chi connectivity index (χ1) is 10.5. The highest BCUT2D eigenvalue weighted by atomic mass is 16.3. The van der Waals surface area contributed by atoms with E-state index in [2.05, 4.69) is 5.32 Å². The van der Waals surface area contributed by atoms with E-state index in [9.17, 15) is 4.79 Å². The van der Waals surface area contributed by atoms with Crippen LogP contribution in [0.25, 0.3) is 5.70 Å². The largest absolute Gasteiger partial charge is 0.463 e. The molecule has 2 N–H and O–H groups in total. The summed E-state index contributed by atoms with van der Waals surface area (Å²) < 4.78 is 5.36. The lowest BCUT2D eigenvalue weighted by Gasteiger charge is -2.37. The third-order valence-electron chi connectivity index (χ3n) is 4.19. The number of hydrogen-bond donors (Lipinski definition) is 2. The molecule has 1 saturated heterocycles. The summed E-state index contributed by atoms with van der Waals surface area (Å²) in [6, 6.07) is 3.97. The fraction of sp³-hybridized carbons (Fsp3) is 0.500. The minimum Gasteiger partial charge on any atom is -0.463 e. The van der Waals surface area contributed by atoms with Crippen molar-refractivity contribution in [3.63, 3.8) is 0 Å². The van der Waals surface area contributed by atoms with Crippen LogP contribution in [0.5, 0.6) is 0 Å². The first-order valence-corrected chi connectivity index (χ1v) is 7.53. The predicted molar refractivity (Wildman–Crippen MR) is 86.5 cm³/mol. The number of amidine groups is 1. The fourth-order valence-corrected chi connectivity index (χ4v) is 2.68. The Balaban J connectivity index is 1.96. The standard InChI is InChI=1S/C16H24N4O2/c1-12(21)19(3)13-6-8-20(9-7-13)16(17)11-14(18-2)15-5-4-10-22-15/h4-5,10-11,13,17-18H,6-9H2,1-3H3/b14-11-,17-16?. The molecular weight excluding hydrogens is 280 g/mol. The molecule has 1 aromatic rings. The molecule has 0 bridgehead atoms. The van der Waals surface area contributed by atoms with E-state index < -0.39 is 0 Å². The van der Waals surface area contributed by atoms with Crippen LogP contribution in [0.3, 0.4) is 0 Å². The highest BCUT2D eigenvalue weighted by Gasteiger charge is 2.24. The second-order valence-corrected chi connectivity index (χ2v) is 5.52. The molecule has 1 fully saturated rings. The number of nitrogens with zero attached hydrogens (tertiary/aromatic N) is 2. The number of carbonyl (C=O) groups excluding carboxylic acids is 1.